The van der Waals surface area contributed by atoms with Gasteiger partial charge >= 0.3 is 6.03 Å². The minimum atomic E-state index is -0.582. The highest BCUT2D eigenvalue weighted by Crippen LogP contribution is 2.32. The second kappa shape index (κ2) is 14.3. The number of nitrogens with one attached hydrogen (secondary N) is 1. The number of hydrogen-bond donors (Lipinski definition) is 1. The van der Waals surface area contributed by atoms with E-state index in [0.29, 0.717) is 26.1 Å². The van der Waals surface area contributed by atoms with Crippen molar-refractivity contribution in [2.45, 2.75) is 64.2 Å². The van der Waals surface area contributed by atoms with Gasteiger partial charge < -0.3 is 15.1 Å². The summed E-state index contributed by atoms with van der Waals surface area (Å²) >= 11 is 0. The lowest BCUT2D eigenvalue weighted by Crippen LogP contribution is -2.76. The monoisotopic (exact) mass is 581 g/mol. The Hall–Kier alpha value is -4.17. The molecule has 3 aromatic carbocycles. The molecule has 43 heavy (non-hydrogen) atoms. The van der Waals surface area contributed by atoms with E-state index < -0.39 is 12.2 Å². The molecule has 0 unspecified atom stereocenters. The van der Waals surface area contributed by atoms with Crippen LogP contribution >= 0.6 is 0 Å². The number of hydrazine groups is 1. The summed E-state index contributed by atoms with van der Waals surface area (Å²) in [7, 11) is 0. The van der Waals surface area contributed by atoms with Crippen LogP contribution in [0.15, 0.2) is 91.0 Å². The zero-order valence-corrected chi connectivity index (χ0v) is 25.3. The molecular formula is C35H43N5O3. The summed E-state index contributed by atoms with van der Waals surface area (Å²) in [5.74, 6) is -0.000232. The molecule has 0 bridgehead atoms. The maximum absolute atomic E-state index is 14.1. The van der Waals surface area contributed by atoms with Crippen LogP contribution in [-0.4, -0.2) is 76.0 Å². The van der Waals surface area contributed by atoms with Crippen molar-refractivity contribution in [3.05, 3.63) is 108 Å². The van der Waals surface area contributed by atoms with E-state index in [-0.39, 0.29) is 36.9 Å². The number of unbranched alkanes of at least 4 members (excludes halogenated alkanes) is 1. The smallest absolute Gasteiger partial charge is 0.334 e. The van der Waals surface area contributed by atoms with Crippen molar-refractivity contribution in [1.29, 1.82) is 0 Å². The van der Waals surface area contributed by atoms with E-state index in [0.717, 1.165) is 24.8 Å². The molecule has 2 saturated heterocycles. The summed E-state index contributed by atoms with van der Waals surface area (Å²) in [4.78, 5) is 45.0. The van der Waals surface area contributed by atoms with Crippen molar-refractivity contribution in [3.8, 4) is 0 Å². The zero-order chi connectivity index (χ0) is 30.2. The molecule has 5 rings (SSSR count). The van der Waals surface area contributed by atoms with E-state index in [1.807, 2.05) is 59.3 Å². The second-order valence-corrected chi connectivity index (χ2v) is 11.4. The van der Waals surface area contributed by atoms with Gasteiger partial charge in [0, 0.05) is 25.6 Å². The van der Waals surface area contributed by atoms with E-state index in [9.17, 15) is 14.4 Å². The fourth-order valence-electron chi connectivity index (χ4n) is 6.38. The van der Waals surface area contributed by atoms with Crippen LogP contribution in [-0.2, 0) is 16.1 Å². The average molecular weight is 582 g/mol. The van der Waals surface area contributed by atoms with Crippen LogP contribution in [0.2, 0.25) is 0 Å². The molecule has 2 fully saturated rings. The number of hydrogen-bond acceptors (Lipinski definition) is 4. The second-order valence-electron chi connectivity index (χ2n) is 11.4. The summed E-state index contributed by atoms with van der Waals surface area (Å²) in [6, 6.07) is 29.7. The van der Waals surface area contributed by atoms with Crippen molar-refractivity contribution in [1.82, 2.24) is 25.1 Å². The Morgan fingerprint density at radius 2 is 1.49 bits per heavy atom. The molecule has 4 amide bonds. The first kappa shape index (κ1) is 30.3. The van der Waals surface area contributed by atoms with Gasteiger partial charge in [-0.05, 0) is 29.5 Å². The van der Waals surface area contributed by atoms with Crippen LogP contribution in [0.1, 0.15) is 62.1 Å². The summed E-state index contributed by atoms with van der Waals surface area (Å²) in [5, 5.41) is 6.56. The van der Waals surface area contributed by atoms with Gasteiger partial charge in [-0.25, -0.2) is 14.8 Å². The number of carbonyl (C=O) groups is 3. The van der Waals surface area contributed by atoms with E-state index in [2.05, 4.69) is 60.8 Å². The first-order chi connectivity index (χ1) is 21.0. The van der Waals surface area contributed by atoms with Crippen LogP contribution in [0.3, 0.4) is 0 Å². The zero-order valence-electron chi connectivity index (χ0n) is 25.3. The fraction of sp³-hybridized carbons (Fsp3) is 0.400. The summed E-state index contributed by atoms with van der Waals surface area (Å²) < 4.78 is 0. The van der Waals surface area contributed by atoms with Crippen molar-refractivity contribution >= 4 is 17.8 Å². The predicted molar refractivity (Wildman–Crippen MR) is 168 cm³/mol. The lowest BCUT2D eigenvalue weighted by molar-refractivity contribution is -0.190. The molecule has 0 aliphatic carbocycles. The lowest BCUT2D eigenvalue weighted by atomic mass is 9.88. The van der Waals surface area contributed by atoms with Gasteiger partial charge in [-0.3, -0.25) is 9.59 Å². The van der Waals surface area contributed by atoms with Gasteiger partial charge in [-0.1, -0.05) is 118 Å². The number of fused-ring (bicyclic) bond motifs is 1. The number of urea groups is 1. The molecule has 2 atom stereocenters. The topological polar surface area (TPSA) is 76.2 Å². The Morgan fingerprint density at radius 1 is 0.884 bits per heavy atom. The van der Waals surface area contributed by atoms with Gasteiger partial charge in [0.15, 0.2) is 0 Å². The number of amides is 4. The van der Waals surface area contributed by atoms with Crippen molar-refractivity contribution in [3.63, 3.8) is 0 Å². The molecule has 0 aromatic heterocycles. The third kappa shape index (κ3) is 6.91. The summed E-state index contributed by atoms with van der Waals surface area (Å²) in [6.07, 6.45) is 2.50. The summed E-state index contributed by atoms with van der Waals surface area (Å²) in [5.41, 5.74) is 3.40. The molecule has 2 aliphatic rings. The quantitative estimate of drug-likeness (QED) is 0.337. The maximum atomic E-state index is 14.1. The van der Waals surface area contributed by atoms with Crippen molar-refractivity contribution in [2.75, 3.05) is 26.2 Å². The SMILES string of the molecule is CCCC[C@H]1C(=O)N(CCC(c2ccccc2)c2ccccc2)C[C@H]2N1C(=O)CN(CC)N2C(=O)NCc1ccccc1. The largest absolute Gasteiger partial charge is 0.337 e. The van der Waals surface area contributed by atoms with Crippen LogP contribution in [0.25, 0.3) is 0 Å². The first-order valence-corrected chi connectivity index (χ1v) is 15.6. The number of rotatable bonds is 11. The van der Waals surface area contributed by atoms with Crippen LogP contribution in [0, 0.1) is 0 Å². The van der Waals surface area contributed by atoms with Gasteiger partial charge in [0.2, 0.25) is 11.8 Å². The number of benzene rings is 3. The molecule has 0 spiro atoms. The van der Waals surface area contributed by atoms with Gasteiger partial charge in [0.1, 0.15) is 12.2 Å². The Kier molecular flexibility index (Phi) is 10.1. The van der Waals surface area contributed by atoms with Gasteiger partial charge in [0.05, 0.1) is 13.1 Å². The highest BCUT2D eigenvalue weighted by molar-refractivity contribution is 5.91. The molecule has 0 radical (unpaired) electrons. The number of piperazine rings is 1. The maximum Gasteiger partial charge on any atom is 0.334 e. The molecular weight excluding hydrogens is 538 g/mol. The predicted octanol–water partition coefficient (Wildman–Crippen LogP) is 5.23. The molecule has 8 heteroatoms. The number of nitrogens with zero attached hydrogens (tertiary/aromatic N) is 4. The van der Waals surface area contributed by atoms with Crippen LogP contribution < -0.4 is 5.32 Å². The lowest BCUT2D eigenvalue weighted by Gasteiger charge is -2.55. The van der Waals surface area contributed by atoms with E-state index in [4.69, 9.17) is 0 Å². The van der Waals surface area contributed by atoms with Crippen LogP contribution in [0.5, 0.6) is 0 Å². The highest BCUT2D eigenvalue weighted by Gasteiger charge is 2.50. The molecule has 226 valence electrons. The number of carbonyl (C=O) groups excluding carboxylic acids is 3. The molecule has 2 aliphatic heterocycles. The molecule has 0 saturated carbocycles. The van der Waals surface area contributed by atoms with Crippen LogP contribution in [0.4, 0.5) is 4.79 Å². The van der Waals surface area contributed by atoms with E-state index in [1.54, 1.807) is 9.91 Å². The fourth-order valence-corrected chi connectivity index (χ4v) is 6.38. The normalized spacial score (nSPS) is 19.1. The molecule has 2 heterocycles. The Balaban J connectivity index is 1.41. The molecule has 1 N–H and O–H groups in total. The Labute approximate surface area is 255 Å². The molecule has 8 nitrogen and oxygen atoms in total. The van der Waals surface area contributed by atoms with Gasteiger partial charge in [-0.2, -0.15) is 0 Å². The minimum absolute atomic E-state index is 0.0208. The Morgan fingerprint density at radius 3 is 2.07 bits per heavy atom. The first-order valence-electron chi connectivity index (χ1n) is 15.6. The minimum Gasteiger partial charge on any atom is -0.337 e. The van der Waals surface area contributed by atoms with E-state index >= 15 is 0 Å². The number of likely N-dealkylation sites (N-methyl/N-ethyl adjacent to an activating group) is 1. The van der Waals surface area contributed by atoms with Gasteiger partial charge in [-0.15, -0.1) is 0 Å². The van der Waals surface area contributed by atoms with Crippen molar-refractivity contribution < 1.29 is 14.4 Å². The third-order valence-electron chi connectivity index (χ3n) is 8.61. The standard InChI is InChI=1S/C35H43N5O3/c1-3-5-21-31-34(42)37(23-22-30(28-17-11-7-12-18-28)29-19-13-8-14-20-29)25-32-39(31)33(41)26-38(4-2)40(32)35(43)36-24-27-15-9-6-10-16-27/h6-20,30-32H,3-5,21-26H2,1-2H3,(H,36,43)/t31-,32-/m0/s1. The molecule has 3 aromatic rings. The van der Waals surface area contributed by atoms with Gasteiger partial charge in [0.25, 0.3) is 0 Å². The average Bonchev–Trinajstić information content (AvgIpc) is 3.05. The van der Waals surface area contributed by atoms with E-state index in [1.165, 1.54) is 11.1 Å². The third-order valence-corrected chi connectivity index (χ3v) is 8.61. The van der Waals surface area contributed by atoms with Crippen molar-refractivity contribution in [2.24, 2.45) is 0 Å². The Bertz CT molecular complexity index is 1310. The summed E-state index contributed by atoms with van der Waals surface area (Å²) in [6.45, 7) is 5.81. The highest BCUT2D eigenvalue weighted by atomic mass is 16.2.